The molecular formula is C20H22ClN3O2. The van der Waals surface area contributed by atoms with Crippen LogP contribution in [0.1, 0.15) is 39.3 Å². The van der Waals surface area contributed by atoms with Crippen LogP contribution in [0.4, 0.5) is 4.79 Å². The summed E-state index contributed by atoms with van der Waals surface area (Å²) in [5, 5.41) is 1.29. The monoisotopic (exact) mass is 371 g/mol. The molecule has 1 aliphatic heterocycles. The Hall–Kier alpha value is -2.32. The van der Waals surface area contributed by atoms with Gasteiger partial charge in [-0.2, -0.15) is 0 Å². The number of amides is 1. The quantitative estimate of drug-likeness (QED) is 0.512. The lowest BCUT2D eigenvalue weighted by atomic mass is 9.97. The highest BCUT2D eigenvalue weighted by molar-refractivity contribution is 6.30. The van der Waals surface area contributed by atoms with E-state index in [1.54, 1.807) is 17.2 Å². The first-order valence-corrected chi connectivity index (χ1v) is 9.10. The van der Waals surface area contributed by atoms with Gasteiger partial charge in [0.1, 0.15) is 16.4 Å². The summed E-state index contributed by atoms with van der Waals surface area (Å²) < 4.78 is 5.42. The van der Waals surface area contributed by atoms with Gasteiger partial charge in [0.2, 0.25) is 0 Å². The molecule has 0 unspecified atom stereocenters. The van der Waals surface area contributed by atoms with Crippen molar-refractivity contribution in [2.24, 2.45) is 5.92 Å². The number of carbonyl (C=O) groups excluding carboxylic acids is 1. The van der Waals surface area contributed by atoms with E-state index in [0.29, 0.717) is 23.9 Å². The Bertz CT molecular complexity index is 872. The predicted molar refractivity (Wildman–Crippen MR) is 102 cm³/mol. The van der Waals surface area contributed by atoms with Crippen molar-refractivity contribution in [1.29, 1.82) is 0 Å². The van der Waals surface area contributed by atoms with Gasteiger partial charge in [0.05, 0.1) is 5.52 Å². The Kier molecular flexibility index (Phi) is 5.33. The van der Waals surface area contributed by atoms with E-state index in [1.807, 2.05) is 32.9 Å². The summed E-state index contributed by atoms with van der Waals surface area (Å²) in [6, 6.07) is 5.55. The Labute approximate surface area is 158 Å². The summed E-state index contributed by atoms with van der Waals surface area (Å²) in [5.41, 5.74) is 0.966. The highest BCUT2D eigenvalue weighted by Gasteiger charge is 2.26. The largest absolute Gasteiger partial charge is 0.444 e. The Morgan fingerprint density at radius 3 is 2.77 bits per heavy atom. The lowest BCUT2D eigenvalue weighted by Gasteiger charge is -2.31. The fraction of sp³-hybridized carbons (Fsp3) is 0.450. The Morgan fingerprint density at radius 2 is 2.08 bits per heavy atom. The summed E-state index contributed by atoms with van der Waals surface area (Å²) >= 11 is 6.08. The number of pyridine rings is 2. The molecular weight excluding hydrogens is 350 g/mol. The highest BCUT2D eigenvalue weighted by Crippen LogP contribution is 2.21. The number of aromatic nitrogens is 2. The second-order valence-electron chi connectivity index (χ2n) is 7.37. The number of fused-ring (bicyclic) bond motifs is 1. The summed E-state index contributed by atoms with van der Waals surface area (Å²) in [5.74, 6) is 6.67. The average Bonchev–Trinajstić information content (AvgIpc) is 2.58. The molecule has 3 heterocycles. The standard InChI is InChI=1S/C20H22ClN3O2/c1-20(2,3)26-19(25)24-11-8-14(9-12-24)6-7-16-15-5-4-10-22-17(15)13-18(21)23-16/h4-5,10,13-14H,8-9,11-12H2,1-3H3. The van der Waals surface area contributed by atoms with Crippen molar-refractivity contribution in [2.45, 2.75) is 39.2 Å². The molecule has 1 saturated heterocycles. The van der Waals surface area contributed by atoms with Gasteiger partial charge >= 0.3 is 6.09 Å². The number of nitrogens with zero attached hydrogens (tertiary/aromatic N) is 3. The van der Waals surface area contributed by atoms with Crippen molar-refractivity contribution in [2.75, 3.05) is 13.1 Å². The number of rotatable bonds is 0. The van der Waals surface area contributed by atoms with E-state index in [0.717, 1.165) is 23.7 Å². The van der Waals surface area contributed by atoms with Crippen LogP contribution in [0.25, 0.3) is 10.9 Å². The van der Waals surface area contributed by atoms with E-state index in [9.17, 15) is 4.79 Å². The van der Waals surface area contributed by atoms with Gasteiger partial charge in [-0.25, -0.2) is 9.78 Å². The van der Waals surface area contributed by atoms with Crippen molar-refractivity contribution in [3.63, 3.8) is 0 Å². The zero-order chi connectivity index (χ0) is 18.7. The average molecular weight is 372 g/mol. The molecule has 136 valence electrons. The third-order valence-corrected chi connectivity index (χ3v) is 4.30. The highest BCUT2D eigenvalue weighted by atomic mass is 35.5. The first-order chi connectivity index (χ1) is 12.3. The number of likely N-dealkylation sites (tertiary alicyclic amines) is 1. The molecule has 0 spiro atoms. The SMILES string of the molecule is CC(C)(C)OC(=O)N1CCC(C#Cc2nc(Cl)cc3ncccc23)CC1. The summed E-state index contributed by atoms with van der Waals surface area (Å²) in [6.45, 7) is 6.93. The predicted octanol–water partition coefficient (Wildman–Crippen LogP) is 4.28. The Morgan fingerprint density at radius 1 is 1.35 bits per heavy atom. The second-order valence-corrected chi connectivity index (χ2v) is 7.76. The van der Waals surface area contributed by atoms with Gasteiger partial charge in [-0.1, -0.05) is 17.5 Å². The molecule has 1 aliphatic rings. The maximum atomic E-state index is 12.1. The van der Waals surface area contributed by atoms with Crippen LogP contribution < -0.4 is 0 Å². The van der Waals surface area contributed by atoms with Crippen LogP contribution in [0, 0.1) is 17.8 Å². The fourth-order valence-electron chi connectivity index (χ4n) is 2.84. The fourth-order valence-corrected chi connectivity index (χ4v) is 3.03. The summed E-state index contributed by atoms with van der Waals surface area (Å²) in [4.78, 5) is 22.5. The first-order valence-electron chi connectivity index (χ1n) is 8.72. The van der Waals surface area contributed by atoms with Crippen LogP contribution in [0.5, 0.6) is 0 Å². The maximum Gasteiger partial charge on any atom is 0.410 e. The number of piperidine rings is 1. The van der Waals surface area contributed by atoms with E-state index in [-0.39, 0.29) is 12.0 Å². The molecule has 3 rings (SSSR count). The number of carbonyl (C=O) groups is 1. The van der Waals surface area contributed by atoms with E-state index in [4.69, 9.17) is 16.3 Å². The van der Waals surface area contributed by atoms with Gasteiger partial charge in [0.25, 0.3) is 0 Å². The van der Waals surface area contributed by atoms with Gasteiger partial charge < -0.3 is 9.64 Å². The number of ether oxygens (including phenoxy) is 1. The minimum atomic E-state index is -0.471. The molecule has 2 aromatic rings. The molecule has 0 aromatic carbocycles. The molecule has 1 amide bonds. The van der Waals surface area contributed by atoms with Gasteiger partial charge in [0.15, 0.2) is 0 Å². The number of hydrogen-bond donors (Lipinski definition) is 0. The summed E-state index contributed by atoms with van der Waals surface area (Å²) in [6.07, 6.45) is 3.12. The van der Waals surface area contributed by atoms with Crippen molar-refractivity contribution in [3.05, 3.63) is 35.2 Å². The second kappa shape index (κ2) is 7.51. The summed E-state index contributed by atoms with van der Waals surface area (Å²) in [7, 11) is 0. The molecule has 6 heteroatoms. The zero-order valence-electron chi connectivity index (χ0n) is 15.3. The minimum Gasteiger partial charge on any atom is -0.444 e. The maximum absolute atomic E-state index is 12.1. The van der Waals surface area contributed by atoms with Crippen LogP contribution in [0.2, 0.25) is 5.15 Å². The molecule has 0 radical (unpaired) electrons. The molecule has 26 heavy (non-hydrogen) atoms. The van der Waals surface area contributed by atoms with E-state index < -0.39 is 5.60 Å². The molecule has 0 saturated carbocycles. The topological polar surface area (TPSA) is 55.3 Å². The molecule has 0 bridgehead atoms. The Balaban J connectivity index is 1.67. The van der Waals surface area contributed by atoms with Crippen LogP contribution in [-0.4, -0.2) is 39.7 Å². The lowest BCUT2D eigenvalue weighted by Crippen LogP contribution is -2.41. The first kappa shape index (κ1) is 18.5. The van der Waals surface area contributed by atoms with Gasteiger partial charge in [-0.15, -0.1) is 0 Å². The smallest absolute Gasteiger partial charge is 0.410 e. The number of hydrogen-bond acceptors (Lipinski definition) is 4. The third kappa shape index (κ3) is 4.64. The van der Waals surface area contributed by atoms with Crippen LogP contribution in [0.15, 0.2) is 24.4 Å². The molecule has 0 N–H and O–H groups in total. The van der Waals surface area contributed by atoms with Crippen molar-refractivity contribution in [3.8, 4) is 11.8 Å². The van der Waals surface area contributed by atoms with Crippen LogP contribution in [0.3, 0.4) is 0 Å². The molecule has 1 fully saturated rings. The normalized spacial score (nSPS) is 15.5. The van der Waals surface area contributed by atoms with Crippen molar-refractivity contribution < 1.29 is 9.53 Å². The molecule has 2 aromatic heterocycles. The molecule has 0 atom stereocenters. The van der Waals surface area contributed by atoms with Gasteiger partial charge in [-0.05, 0) is 51.7 Å². The van der Waals surface area contributed by atoms with E-state index in [2.05, 4.69) is 21.8 Å². The molecule has 5 nitrogen and oxygen atoms in total. The third-order valence-electron chi connectivity index (χ3n) is 4.11. The lowest BCUT2D eigenvalue weighted by molar-refractivity contribution is 0.0199. The van der Waals surface area contributed by atoms with Crippen molar-refractivity contribution >= 4 is 28.6 Å². The van der Waals surface area contributed by atoms with Crippen LogP contribution >= 0.6 is 11.6 Å². The van der Waals surface area contributed by atoms with Crippen LogP contribution in [-0.2, 0) is 4.74 Å². The van der Waals surface area contributed by atoms with E-state index >= 15 is 0 Å². The van der Waals surface area contributed by atoms with Crippen molar-refractivity contribution in [1.82, 2.24) is 14.9 Å². The minimum absolute atomic E-state index is 0.223. The van der Waals surface area contributed by atoms with Gasteiger partial charge in [0, 0.05) is 36.7 Å². The van der Waals surface area contributed by atoms with Gasteiger partial charge in [-0.3, -0.25) is 4.98 Å². The number of halogens is 1. The molecule has 0 aliphatic carbocycles. The van der Waals surface area contributed by atoms with E-state index in [1.165, 1.54) is 0 Å². The zero-order valence-corrected chi connectivity index (χ0v) is 16.0.